The summed E-state index contributed by atoms with van der Waals surface area (Å²) >= 11 is 0. The zero-order valence-corrected chi connectivity index (χ0v) is 12.1. The first kappa shape index (κ1) is 16.2. The van der Waals surface area contributed by atoms with Crippen LogP contribution in [0.15, 0.2) is 0 Å². The first-order valence-corrected chi connectivity index (χ1v) is 6.54. The molecule has 0 spiro atoms. The Kier molecular flexibility index (Phi) is 7.62. The van der Waals surface area contributed by atoms with E-state index >= 15 is 0 Å². The molecule has 1 saturated heterocycles. The van der Waals surface area contributed by atoms with Crippen LogP contribution >= 0.6 is 0 Å². The van der Waals surface area contributed by atoms with Crippen LogP contribution in [0.5, 0.6) is 0 Å². The Morgan fingerprint density at radius 1 is 1.19 bits per heavy atom. The Morgan fingerprint density at radius 2 is 1.75 bits per heavy atom. The van der Waals surface area contributed by atoms with E-state index in [0.29, 0.717) is 6.04 Å². The summed E-state index contributed by atoms with van der Waals surface area (Å²) in [7, 11) is 4.51. The van der Waals surface area contributed by atoms with Gasteiger partial charge in [0.1, 0.15) is 11.6 Å². The van der Waals surface area contributed by atoms with E-state index in [2.05, 4.69) is 27.9 Å². The van der Waals surface area contributed by atoms with Crippen molar-refractivity contribution in [1.82, 2.24) is 0 Å². The van der Waals surface area contributed by atoms with Crippen LogP contribution < -0.4 is 17.3 Å². The minimum Gasteiger partial charge on any atom is -1.00 e. The fraction of sp³-hybridized carbons (Fsp3) is 1.00. The van der Waals surface area contributed by atoms with E-state index in [9.17, 15) is 0 Å². The Hall–Kier alpha value is 0.210. The van der Waals surface area contributed by atoms with Gasteiger partial charge in [-0.25, -0.2) is 0 Å². The number of nitrogens with one attached hydrogen (secondary N) is 1. The minimum absolute atomic E-state index is 0. The Balaban J connectivity index is 0.00000225. The van der Waals surface area contributed by atoms with Crippen molar-refractivity contribution >= 4 is 0 Å². The van der Waals surface area contributed by atoms with E-state index in [4.69, 9.17) is 4.74 Å². The van der Waals surface area contributed by atoms with Crippen LogP contribution in [0, 0.1) is 0 Å². The molecule has 2 unspecified atom stereocenters. The maximum absolute atomic E-state index is 5.58. The molecular formula is C13H28ClNO. The standard InChI is InChI=1S/C13H27NO.ClH/c1-5-6-7-8-9-10-12(14(3)4)13(2)11-15-13;/h12H,5-11H2,1-4H3;1H. The van der Waals surface area contributed by atoms with Crippen LogP contribution in [-0.2, 0) is 4.74 Å². The molecule has 0 aromatic rings. The van der Waals surface area contributed by atoms with E-state index in [1.807, 2.05) is 0 Å². The maximum Gasteiger partial charge on any atom is 0.140 e. The first-order valence-electron chi connectivity index (χ1n) is 6.54. The molecule has 1 fully saturated rings. The average Bonchev–Trinajstić information content (AvgIpc) is 2.90. The van der Waals surface area contributed by atoms with Gasteiger partial charge in [-0.05, 0) is 13.3 Å². The molecule has 0 aromatic heterocycles. The average molecular weight is 250 g/mol. The monoisotopic (exact) mass is 249 g/mol. The first-order chi connectivity index (χ1) is 7.10. The van der Waals surface area contributed by atoms with Gasteiger partial charge in [-0.1, -0.05) is 32.6 Å². The SMILES string of the molecule is CCCCCCCC([NH+](C)C)C1(C)CO1.[Cl-]. The van der Waals surface area contributed by atoms with Crippen molar-refractivity contribution in [3.05, 3.63) is 0 Å². The fourth-order valence-corrected chi connectivity index (χ4v) is 2.47. The summed E-state index contributed by atoms with van der Waals surface area (Å²) in [5, 5.41) is 0. The molecule has 1 rings (SSSR count). The van der Waals surface area contributed by atoms with Gasteiger partial charge >= 0.3 is 0 Å². The molecule has 0 bridgehead atoms. The summed E-state index contributed by atoms with van der Waals surface area (Å²) in [5.41, 5.74) is 0.198. The largest absolute Gasteiger partial charge is 1.00 e. The van der Waals surface area contributed by atoms with E-state index in [1.54, 1.807) is 4.90 Å². The van der Waals surface area contributed by atoms with E-state index < -0.39 is 0 Å². The van der Waals surface area contributed by atoms with Crippen LogP contribution in [0.25, 0.3) is 0 Å². The van der Waals surface area contributed by atoms with Gasteiger partial charge in [0.15, 0.2) is 0 Å². The molecule has 1 aliphatic rings. The Labute approximate surface area is 107 Å². The lowest BCUT2D eigenvalue weighted by atomic mass is 9.95. The van der Waals surface area contributed by atoms with E-state index in [1.165, 1.54) is 38.5 Å². The normalized spacial score (nSPS) is 25.3. The molecule has 1 N–H and O–H groups in total. The second-order valence-electron chi connectivity index (χ2n) is 5.43. The smallest absolute Gasteiger partial charge is 0.140 e. The van der Waals surface area contributed by atoms with E-state index in [-0.39, 0.29) is 18.0 Å². The number of epoxide rings is 1. The lowest BCUT2D eigenvalue weighted by molar-refractivity contribution is -0.890. The highest BCUT2D eigenvalue weighted by molar-refractivity contribution is 4.94. The van der Waals surface area contributed by atoms with Gasteiger partial charge in [-0.2, -0.15) is 0 Å². The summed E-state index contributed by atoms with van der Waals surface area (Å²) in [6.07, 6.45) is 8.23. The predicted molar refractivity (Wildman–Crippen MR) is 64.3 cm³/mol. The maximum atomic E-state index is 5.58. The quantitative estimate of drug-likeness (QED) is 0.416. The second kappa shape index (κ2) is 7.52. The van der Waals surface area contributed by atoms with Crippen LogP contribution in [0.2, 0.25) is 0 Å². The molecule has 0 saturated carbocycles. The molecule has 2 atom stereocenters. The van der Waals surface area contributed by atoms with Crippen LogP contribution in [0.4, 0.5) is 0 Å². The number of quaternary nitrogens is 1. The Morgan fingerprint density at radius 3 is 2.19 bits per heavy atom. The van der Waals surface area contributed by atoms with Crippen molar-refractivity contribution in [2.45, 2.75) is 64.0 Å². The molecule has 16 heavy (non-hydrogen) atoms. The molecule has 98 valence electrons. The van der Waals surface area contributed by atoms with Crippen molar-refractivity contribution in [3.8, 4) is 0 Å². The van der Waals surface area contributed by atoms with Crippen molar-refractivity contribution in [3.63, 3.8) is 0 Å². The third kappa shape index (κ3) is 5.03. The number of hydrogen-bond acceptors (Lipinski definition) is 1. The van der Waals surface area contributed by atoms with Crippen LogP contribution in [0.3, 0.4) is 0 Å². The third-order valence-corrected chi connectivity index (χ3v) is 3.63. The number of ether oxygens (including phenoxy) is 1. The highest BCUT2D eigenvalue weighted by atomic mass is 35.5. The molecule has 1 heterocycles. The molecule has 0 aliphatic carbocycles. The number of unbranched alkanes of at least 4 members (excludes halogenated alkanes) is 4. The van der Waals surface area contributed by atoms with Crippen LogP contribution in [-0.4, -0.2) is 32.3 Å². The summed E-state index contributed by atoms with van der Waals surface area (Å²) in [4.78, 5) is 1.55. The summed E-state index contributed by atoms with van der Waals surface area (Å²) in [6.45, 7) is 5.50. The van der Waals surface area contributed by atoms with Gasteiger partial charge in [-0.3, -0.25) is 0 Å². The molecule has 2 nitrogen and oxygen atoms in total. The van der Waals surface area contributed by atoms with Crippen molar-refractivity contribution in [2.24, 2.45) is 0 Å². The van der Waals surface area contributed by atoms with Crippen molar-refractivity contribution < 1.29 is 22.0 Å². The topological polar surface area (TPSA) is 17.0 Å². The zero-order valence-electron chi connectivity index (χ0n) is 11.3. The van der Waals surface area contributed by atoms with Gasteiger partial charge in [0.2, 0.25) is 0 Å². The summed E-state index contributed by atoms with van der Waals surface area (Å²) in [6, 6.07) is 0.694. The number of rotatable bonds is 8. The molecule has 0 aromatic carbocycles. The predicted octanol–water partition coefficient (Wildman–Crippen LogP) is -1.35. The molecule has 0 amide bonds. The highest BCUT2D eigenvalue weighted by Crippen LogP contribution is 2.31. The minimum atomic E-state index is 0. The van der Waals surface area contributed by atoms with Gasteiger partial charge in [-0.15, -0.1) is 0 Å². The fourth-order valence-electron chi connectivity index (χ4n) is 2.47. The molecule has 0 radical (unpaired) electrons. The Bertz CT molecular complexity index is 181. The third-order valence-electron chi connectivity index (χ3n) is 3.63. The van der Waals surface area contributed by atoms with Crippen LogP contribution in [0.1, 0.15) is 52.4 Å². The molecule has 1 aliphatic heterocycles. The number of hydrogen-bond donors (Lipinski definition) is 1. The lowest BCUT2D eigenvalue weighted by Crippen LogP contribution is -3.11. The van der Waals surface area contributed by atoms with Crippen molar-refractivity contribution in [2.75, 3.05) is 20.7 Å². The number of likely N-dealkylation sites (N-methyl/N-ethyl adjacent to an activating group) is 1. The van der Waals surface area contributed by atoms with Crippen molar-refractivity contribution in [1.29, 1.82) is 0 Å². The number of halogens is 1. The molecular weight excluding hydrogens is 222 g/mol. The summed E-state index contributed by atoms with van der Waals surface area (Å²) < 4.78 is 5.58. The van der Waals surface area contributed by atoms with E-state index in [0.717, 1.165) is 6.61 Å². The zero-order chi connectivity index (χ0) is 11.3. The second-order valence-corrected chi connectivity index (χ2v) is 5.43. The van der Waals surface area contributed by atoms with Gasteiger partial charge in [0.05, 0.1) is 20.7 Å². The van der Waals surface area contributed by atoms with Gasteiger partial charge in [0.25, 0.3) is 0 Å². The summed E-state index contributed by atoms with van der Waals surface area (Å²) in [5.74, 6) is 0. The van der Waals surface area contributed by atoms with Gasteiger partial charge in [0, 0.05) is 6.42 Å². The highest BCUT2D eigenvalue weighted by Gasteiger charge is 2.50. The van der Waals surface area contributed by atoms with Gasteiger partial charge < -0.3 is 22.0 Å². The lowest BCUT2D eigenvalue weighted by Gasteiger charge is -2.24. The molecule has 3 heteroatoms.